The first-order valence-electron chi connectivity index (χ1n) is 11.1. The molecular formula is C25H29N3O3. The molecule has 0 aromatic heterocycles. The third kappa shape index (κ3) is 4.33. The molecular weight excluding hydrogens is 390 g/mol. The average Bonchev–Trinajstić information content (AvgIpc) is 3.35. The molecule has 4 rings (SSSR count). The molecule has 31 heavy (non-hydrogen) atoms. The number of anilines is 2. The van der Waals surface area contributed by atoms with Crippen molar-refractivity contribution in [3.05, 3.63) is 59.7 Å². The van der Waals surface area contributed by atoms with E-state index in [9.17, 15) is 14.4 Å². The van der Waals surface area contributed by atoms with E-state index in [2.05, 4.69) is 12.2 Å². The van der Waals surface area contributed by atoms with E-state index in [4.69, 9.17) is 0 Å². The summed E-state index contributed by atoms with van der Waals surface area (Å²) in [4.78, 5) is 42.4. The highest BCUT2D eigenvalue weighted by Crippen LogP contribution is 2.34. The fraction of sp³-hybridized carbons (Fsp3) is 0.400. The number of urea groups is 1. The molecule has 1 N–H and O–H groups in total. The summed E-state index contributed by atoms with van der Waals surface area (Å²) < 4.78 is 0. The quantitative estimate of drug-likeness (QED) is 0.692. The van der Waals surface area contributed by atoms with Crippen LogP contribution in [-0.4, -0.2) is 34.8 Å². The summed E-state index contributed by atoms with van der Waals surface area (Å²) in [5.74, 6) is -0.580. The van der Waals surface area contributed by atoms with Gasteiger partial charge in [0.2, 0.25) is 5.91 Å². The van der Waals surface area contributed by atoms with Crippen LogP contribution in [0, 0.1) is 6.92 Å². The van der Waals surface area contributed by atoms with E-state index in [1.165, 1.54) is 10.5 Å². The number of benzene rings is 2. The van der Waals surface area contributed by atoms with Crippen molar-refractivity contribution in [2.24, 2.45) is 0 Å². The predicted molar refractivity (Wildman–Crippen MR) is 121 cm³/mol. The van der Waals surface area contributed by atoms with E-state index in [1.807, 2.05) is 49.4 Å². The molecule has 2 fully saturated rings. The summed E-state index contributed by atoms with van der Waals surface area (Å²) >= 11 is 0. The van der Waals surface area contributed by atoms with Gasteiger partial charge in [-0.05, 0) is 61.6 Å². The lowest BCUT2D eigenvalue weighted by Gasteiger charge is -2.27. The monoisotopic (exact) mass is 419 g/mol. The van der Waals surface area contributed by atoms with Gasteiger partial charge in [0, 0.05) is 11.7 Å². The van der Waals surface area contributed by atoms with Crippen LogP contribution in [0.15, 0.2) is 48.5 Å². The topological polar surface area (TPSA) is 69.7 Å². The van der Waals surface area contributed by atoms with Crippen molar-refractivity contribution in [1.82, 2.24) is 4.90 Å². The molecule has 1 unspecified atom stereocenters. The molecule has 6 nitrogen and oxygen atoms in total. The third-order valence-electron chi connectivity index (χ3n) is 6.26. The van der Waals surface area contributed by atoms with Gasteiger partial charge in [0.15, 0.2) is 0 Å². The minimum Gasteiger partial charge on any atom is -0.326 e. The smallest absolute Gasteiger partial charge is 0.326 e. The van der Waals surface area contributed by atoms with Crippen LogP contribution < -0.4 is 10.2 Å². The molecule has 0 radical (unpaired) electrons. The van der Waals surface area contributed by atoms with Gasteiger partial charge in [0.1, 0.15) is 6.04 Å². The first-order valence-corrected chi connectivity index (χ1v) is 11.1. The fourth-order valence-corrected chi connectivity index (χ4v) is 4.61. The Hall–Kier alpha value is -3.15. The molecule has 1 aliphatic heterocycles. The van der Waals surface area contributed by atoms with Crippen LogP contribution >= 0.6 is 0 Å². The maximum Gasteiger partial charge on any atom is 0.332 e. The molecule has 2 aliphatic rings. The minimum absolute atomic E-state index is 0.00731. The lowest BCUT2D eigenvalue weighted by atomic mass is 10.1. The Kier molecular flexibility index (Phi) is 6.07. The molecule has 162 valence electrons. The van der Waals surface area contributed by atoms with E-state index in [0.717, 1.165) is 37.7 Å². The lowest BCUT2D eigenvalue weighted by molar-refractivity contribution is -0.124. The Labute approximate surface area is 183 Å². The molecule has 0 spiro atoms. The number of carbonyl (C=O) groups is 3. The Morgan fingerprint density at radius 1 is 1.06 bits per heavy atom. The van der Waals surface area contributed by atoms with Crippen LogP contribution in [0.2, 0.25) is 0 Å². The van der Waals surface area contributed by atoms with Gasteiger partial charge in [0.25, 0.3) is 5.91 Å². The van der Waals surface area contributed by atoms with Gasteiger partial charge in [-0.3, -0.25) is 9.59 Å². The number of aryl methyl sites for hydroxylation is 2. The molecule has 1 saturated carbocycles. The van der Waals surface area contributed by atoms with Crippen molar-refractivity contribution in [3.8, 4) is 0 Å². The maximum absolute atomic E-state index is 13.3. The van der Waals surface area contributed by atoms with Crippen molar-refractivity contribution in [1.29, 1.82) is 0 Å². The zero-order chi connectivity index (χ0) is 22.0. The van der Waals surface area contributed by atoms with Gasteiger partial charge < -0.3 is 10.2 Å². The first-order chi connectivity index (χ1) is 15.0. The summed E-state index contributed by atoms with van der Waals surface area (Å²) in [6.07, 6.45) is 4.71. The largest absolute Gasteiger partial charge is 0.332 e. The lowest BCUT2D eigenvalue weighted by Crippen LogP contribution is -2.43. The van der Waals surface area contributed by atoms with Crippen molar-refractivity contribution < 1.29 is 14.4 Å². The van der Waals surface area contributed by atoms with Crippen LogP contribution in [0.5, 0.6) is 0 Å². The van der Waals surface area contributed by atoms with Crippen molar-refractivity contribution >= 4 is 29.2 Å². The summed E-state index contributed by atoms with van der Waals surface area (Å²) in [6, 6.07) is 14.0. The maximum atomic E-state index is 13.3. The van der Waals surface area contributed by atoms with Crippen molar-refractivity contribution in [3.63, 3.8) is 0 Å². The highest BCUT2D eigenvalue weighted by molar-refractivity contribution is 6.22. The summed E-state index contributed by atoms with van der Waals surface area (Å²) in [6.45, 7) is 4.01. The predicted octanol–water partition coefficient (Wildman–Crippen LogP) is 4.67. The SMILES string of the molecule is CCc1ccc(NC(=O)CC2C(=O)N(c3cccc(C)c3)C(=O)N2C2CCCC2)cc1. The number of nitrogens with one attached hydrogen (secondary N) is 1. The summed E-state index contributed by atoms with van der Waals surface area (Å²) in [5, 5.41) is 2.88. The van der Waals surface area contributed by atoms with Crippen molar-refractivity contribution in [2.45, 2.75) is 64.5 Å². The van der Waals surface area contributed by atoms with Gasteiger partial charge in [0.05, 0.1) is 12.1 Å². The van der Waals surface area contributed by atoms with Gasteiger partial charge in [-0.2, -0.15) is 0 Å². The Morgan fingerprint density at radius 3 is 2.42 bits per heavy atom. The number of carbonyl (C=O) groups excluding carboxylic acids is 3. The Morgan fingerprint density at radius 2 is 1.77 bits per heavy atom. The zero-order valence-electron chi connectivity index (χ0n) is 18.1. The molecule has 0 bridgehead atoms. The highest BCUT2D eigenvalue weighted by atomic mass is 16.2. The van der Waals surface area contributed by atoms with Crippen LogP contribution in [-0.2, 0) is 16.0 Å². The average molecular weight is 420 g/mol. The molecule has 6 heteroatoms. The van der Waals surface area contributed by atoms with Gasteiger partial charge in [-0.25, -0.2) is 9.69 Å². The minimum atomic E-state index is -0.772. The fourth-order valence-electron chi connectivity index (χ4n) is 4.61. The molecule has 1 atom stereocenters. The molecule has 1 heterocycles. The molecule has 4 amide bonds. The molecule has 2 aromatic rings. The summed E-state index contributed by atoms with van der Waals surface area (Å²) in [5.41, 5.74) is 3.43. The first kappa shape index (κ1) is 21.1. The van der Waals surface area contributed by atoms with Crippen LogP contribution in [0.1, 0.15) is 50.2 Å². The van der Waals surface area contributed by atoms with E-state index >= 15 is 0 Å². The number of nitrogens with zero attached hydrogens (tertiary/aromatic N) is 2. The second-order valence-electron chi connectivity index (χ2n) is 8.46. The number of rotatable bonds is 6. The Bertz CT molecular complexity index is 980. The highest BCUT2D eigenvalue weighted by Gasteiger charge is 2.49. The van der Waals surface area contributed by atoms with Crippen LogP contribution in [0.25, 0.3) is 0 Å². The number of imide groups is 1. The molecule has 1 aliphatic carbocycles. The standard InChI is InChI=1S/C25H29N3O3/c1-3-18-11-13-19(14-12-18)26-23(29)16-22-24(30)28(21-10-6-7-17(2)15-21)25(31)27(22)20-8-4-5-9-20/h6-7,10-15,20,22H,3-5,8-9,16H2,1-2H3,(H,26,29). The normalized spacial score (nSPS) is 19.4. The van der Waals surface area contributed by atoms with Crippen LogP contribution in [0.4, 0.5) is 16.2 Å². The van der Waals surface area contributed by atoms with Crippen LogP contribution in [0.3, 0.4) is 0 Å². The molecule has 2 aromatic carbocycles. The van der Waals surface area contributed by atoms with Gasteiger partial charge in [-0.1, -0.05) is 44.0 Å². The number of amides is 4. The second kappa shape index (κ2) is 8.92. The van der Waals surface area contributed by atoms with E-state index in [1.54, 1.807) is 11.0 Å². The molecule has 1 saturated heterocycles. The zero-order valence-corrected chi connectivity index (χ0v) is 18.1. The third-order valence-corrected chi connectivity index (χ3v) is 6.26. The van der Waals surface area contributed by atoms with Gasteiger partial charge >= 0.3 is 6.03 Å². The van der Waals surface area contributed by atoms with E-state index < -0.39 is 6.04 Å². The summed E-state index contributed by atoms with van der Waals surface area (Å²) in [7, 11) is 0. The number of hydrogen-bond acceptors (Lipinski definition) is 3. The van der Waals surface area contributed by atoms with Gasteiger partial charge in [-0.15, -0.1) is 0 Å². The second-order valence-corrected chi connectivity index (χ2v) is 8.46. The van der Waals surface area contributed by atoms with E-state index in [-0.39, 0.29) is 30.3 Å². The Balaban J connectivity index is 1.56. The van der Waals surface area contributed by atoms with E-state index in [0.29, 0.717) is 11.4 Å². The van der Waals surface area contributed by atoms with Crippen molar-refractivity contribution in [2.75, 3.05) is 10.2 Å². The number of hydrogen-bond donors (Lipinski definition) is 1.